The molecule has 1 N–H and O–H groups in total. The molecule has 0 spiro atoms. The van der Waals surface area contributed by atoms with Crippen LogP contribution in [0, 0.1) is 13.8 Å². The summed E-state index contributed by atoms with van der Waals surface area (Å²) in [6.07, 6.45) is 0. The second-order valence-corrected chi connectivity index (χ2v) is 7.56. The van der Waals surface area contributed by atoms with Crippen LogP contribution < -0.4 is 5.32 Å². The Morgan fingerprint density at radius 2 is 1.70 bits per heavy atom. The number of aryl methyl sites for hydroxylation is 1. The van der Waals surface area contributed by atoms with Gasteiger partial charge in [0.1, 0.15) is 0 Å². The third kappa shape index (κ3) is 5.30. The molecule has 1 amide bonds. The van der Waals surface area contributed by atoms with Crippen LogP contribution in [0.3, 0.4) is 0 Å². The first-order valence-corrected chi connectivity index (χ1v) is 9.45. The SMILES string of the molecule is Cc1cc(C(=O)CN(C)CC(=O)NC(C)C)c(C)n1C(C)c1ccccc1. The first-order valence-electron chi connectivity index (χ1n) is 9.45. The maximum atomic E-state index is 12.8. The van der Waals surface area contributed by atoms with Gasteiger partial charge in [-0.25, -0.2) is 0 Å². The number of Topliss-reactive ketones (excluding diaryl/α,β-unsaturated/α-hetero) is 1. The average Bonchev–Trinajstić information content (AvgIpc) is 2.88. The Morgan fingerprint density at radius 3 is 2.30 bits per heavy atom. The predicted octanol–water partition coefficient (Wildman–Crippen LogP) is 3.35. The van der Waals surface area contributed by atoms with Crippen molar-refractivity contribution in [3.8, 4) is 0 Å². The van der Waals surface area contributed by atoms with E-state index in [0.29, 0.717) is 0 Å². The second kappa shape index (κ2) is 9.00. The molecule has 0 aliphatic heterocycles. The number of aromatic nitrogens is 1. The summed E-state index contributed by atoms with van der Waals surface area (Å²) in [6.45, 7) is 10.4. The first-order chi connectivity index (χ1) is 12.7. The summed E-state index contributed by atoms with van der Waals surface area (Å²) in [5, 5.41) is 2.85. The van der Waals surface area contributed by atoms with Crippen molar-refractivity contribution in [3.63, 3.8) is 0 Å². The third-order valence-corrected chi connectivity index (χ3v) is 4.73. The van der Waals surface area contributed by atoms with Crippen LogP contribution in [-0.2, 0) is 4.79 Å². The summed E-state index contributed by atoms with van der Waals surface area (Å²) >= 11 is 0. The Balaban J connectivity index is 2.13. The molecule has 1 atom stereocenters. The fourth-order valence-corrected chi connectivity index (χ4v) is 3.53. The molecule has 1 aromatic heterocycles. The van der Waals surface area contributed by atoms with Crippen LogP contribution in [0.2, 0.25) is 0 Å². The Labute approximate surface area is 162 Å². The van der Waals surface area contributed by atoms with Crippen LogP contribution in [0.4, 0.5) is 0 Å². The maximum absolute atomic E-state index is 12.8. The van der Waals surface area contributed by atoms with E-state index in [1.165, 1.54) is 5.56 Å². The quantitative estimate of drug-likeness (QED) is 0.726. The number of ketones is 1. The molecule has 1 unspecified atom stereocenters. The van der Waals surface area contributed by atoms with Crippen molar-refractivity contribution in [3.05, 3.63) is 58.9 Å². The third-order valence-electron chi connectivity index (χ3n) is 4.73. The van der Waals surface area contributed by atoms with Crippen molar-refractivity contribution in [1.82, 2.24) is 14.8 Å². The van der Waals surface area contributed by atoms with Gasteiger partial charge in [-0.15, -0.1) is 0 Å². The molecule has 0 radical (unpaired) electrons. The molecule has 0 bridgehead atoms. The van der Waals surface area contributed by atoms with Gasteiger partial charge >= 0.3 is 0 Å². The fraction of sp³-hybridized carbons (Fsp3) is 0.455. The van der Waals surface area contributed by atoms with Crippen LogP contribution in [0.25, 0.3) is 0 Å². The summed E-state index contributed by atoms with van der Waals surface area (Å²) < 4.78 is 2.20. The van der Waals surface area contributed by atoms with Gasteiger partial charge in [0.15, 0.2) is 5.78 Å². The zero-order chi connectivity index (χ0) is 20.1. The van der Waals surface area contributed by atoms with Crippen molar-refractivity contribution in [2.24, 2.45) is 0 Å². The van der Waals surface area contributed by atoms with Crippen molar-refractivity contribution < 1.29 is 9.59 Å². The molecule has 0 aliphatic carbocycles. The monoisotopic (exact) mass is 369 g/mol. The van der Waals surface area contributed by atoms with E-state index in [9.17, 15) is 9.59 Å². The lowest BCUT2D eigenvalue weighted by molar-refractivity contribution is -0.122. The largest absolute Gasteiger partial charge is 0.353 e. The van der Waals surface area contributed by atoms with E-state index < -0.39 is 0 Å². The predicted molar refractivity (Wildman–Crippen MR) is 109 cm³/mol. The van der Waals surface area contributed by atoms with Crippen molar-refractivity contribution in [1.29, 1.82) is 0 Å². The summed E-state index contributed by atoms with van der Waals surface area (Å²) in [5.41, 5.74) is 3.97. The topological polar surface area (TPSA) is 54.3 Å². The summed E-state index contributed by atoms with van der Waals surface area (Å²) in [4.78, 5) is 26.5. The van der Waals surface area contributed by atoms with Crippen molar-refractivity contribution in [2.75, 3.05) is 20.1 Å². The number of benzene rings is 1. The number of nitrogens with zero attached hydrogens (tertiary/aromatic N) is 2. The number of likely N-dealkylation sites (N-methyl/N-ethyl adjacent to an activating group) is 1. The lowest BCUT2D eigenvalue weighted by atomic mass is 10.1. The average molecular weight is 370 g/mol. The number of amides is 1. The Kier molecular flexibility index (Phi) is 6.97. The second-order valence-electron chi connectivity index (χ2n) is 7.56. The number of carbonyl (C=O) groups excluding carboxylic acids is 2. The minimum atomic E-state index is -0.0662. The molecule has 2 rings (SSSR count). The highest BCUT2D eigenvalue weighted by molar-refractivity contribution is 5.99. The van der Waals surface area contributed by atoms with Gasteiger partial charge in [-0.1, -0.05) is 30.3 Å². The van der Waals surface area contributed by atoms with Crippen LogP contribution >= 0.6 is 0 Å². The van der Waals surface area contributed by atoms with Gasteiger partial charge in [-0.3, -0.25) is 14.5 Å². The highest BCUT2D eigenvalue weighted by atomic mass is 16.2. The molecule has 5 nitrogen and oxygen atoms in total. The van der Waals surface area contributed by atoms with E-state index >= 15 is 0 Å². The Bertz CT molecular complexity index is 793. The van der Waals surface area contributed by atoms with Crippen molar-refractivity contribution in [2.45, 2.75) is 46.7 Å². The molecule has 0 saturated carbocycles. The van der Waals surface area contributed by atoms with Gasteiger partial charge in [0.2, 0.25) is 5.91 Å². The van der Waals surface area contributed by atoms with E-state index in [-0.39, 0.29) is 36.9 Å². The molecule has 0 fully saturated rings. The molecule has 2 aromatic rings. The van der Waals surface area contributed by atoms with Gasteiger partial charge in [-0.2, -0.15) is 0 Å². The Hall–Kier alpha value is -2.40. The number of hydrogen-bond donors (Lipinski definition) is 1. The van der Waals surface area contributed by atoms with E-state index in [0.717, 1.165) is 17.0 Å². The smallest absolute Gasteiger partial charge is 0.234 e. The molecule has 5 heteroatoms. The summed E-state index contributed by atoms with van der Waals surface area (Å²) in [6, 6.07) is 12.5. The number of hydrogen-bond acceptors (Lipinski definition) is 3. The summed E-state index contributed by atoms with van der Waals surface area (Å²) in [7, 11) is 1.80. The van der Waals surface area contributed by atoms with E-state index in [1.54, 1.807) is 11.9 Å². The standard InChI is InChI=1S/C22H31N3O2/c1-15(2)23-22(27)14-24(6)13-21(26)20-12-16(3)25(18(20)5)17(4)19-10-8-7-9-11-19/h7-12,15,17H,13-14H2,1-6H3,(H,23,27). The minimum absolute atomic E-state index is 0.0365. The number of rotatable bonds is 8. The van der Waals surface area contributed by atoms with Crippen LogP contribution in [-0.4, -0.2) is 47.3 Å². The first kappa shape index (κ1) is 20.9. The molecule has 146 valence electrons. The van der Waals surface area contributed by atoms with Crippen LogP contribution in [0.1, 0.15) is 54.1 Å². The van der Waals surface area contributed by atoms with Crippen LogP contribution in [0.15, 0.2) is 36.4 Å². The lowest BCUT2D eigenvalue weighted by Crippen LogP contribution is -2.40. The molecular weight excluding hydrogens is 338 g/mol. The highest BCUT2D eigenvalue weighted by Gasteiger charge is 2.21. The van der Waals surface area contributed by atoms with Crippen molar-refractivity contribution >= 4 is 11.7 Å². The van der Waals surface area contributed by atoms with Gasteiger partial charge < -0.3 is 9.88 Å². The molecule has 27 heavy (non-hydrogen) atoms. The van der Waals surface area contributed by atoms with Gasteiger partial charge in [0, 0.05) is 23.0 Å². The zero-order valence-electron chi connectivity index (χ0n) is 17.2. The molecular formula is C22H31N3O2. The van der Waals surface area contributed by atoms with E-state index in [2.05, 4.69) is 28.9 Å². The lowest BCUT2D eigenvalue weighted by Gasteiger charge is -2.19. The zero-order valence-corrected chi connectivity index (χ0v) is 17.2. The van der Waals surface area contributed by atoms with Crippen LogP contribution in [0.5, 0.6) is 0 Å². The maximum Gasteiger partial charge on any atom is 0.234 e. The number of nitrogens with one attached hydrogen (secondary N) is 1. The van der Waals surface area contributed by atoms with Gasteiger partial charge in [-0.05, 0) is 53.3 Å². The fourth-order valence-electron chi connectivity index (χ4n) is 3.53. The molecule has 1 aromatic carbocycles. The molecule has 0 saturated heterocycles. The highest BCUT2D eigenvalue weighted by Crippen LogP contribution is 2.25. The molecule has 0 aliphatic rings. The van der Waals surface area contributed by atoms with E-state index in [4.69, 9.17) is 0 Å². The minimum Gasteiger partial charge on any atom is -0.353 e. The Morgan fingerprint density at radius 1 is 1.07 bits per heavy atom. The van der Waals surface area contributed by atoms with Gasteiger partial charge in [0.25, 0.3) is 0 Å². The van der Waals surface area contributed by atoms with E-state index in [1.807, 2.05) is 52.0 Å². The normalized spacial score (nSPS) is 12.4. The molecule has 1 heterocycles. The van der Waals surface area contributed by atoms with Gasteiger partial charge in [0.05, 0.1) is 19.1 Å². The number of carbonyl (C=O) groups is 2. The summed E-state index contributed by atoms with van der Waals surface area (Å²) in [5.74, 6) is -0.0297.